The zero-order valence-corrected chi connectivity index (χ0v) is 30.1. The van der Waals surface area contributed by atoms with Crippen LogP contribution in [0.1, 0.15) is 81.8 Å². The molecule has 1 heterocycles. The Balaban J connectivity index is 1.76. The first-order valence-electron chi connectivity index (χ1n) is 15.7. The predicted octanol–water partition coefficient (Wildman–Crippen LogP) is 11.1. The van der Waals surface area contributed by atoms with Crippen molar-refractivity contribution in [3.8, 4) is 0 Å². The molecule has 0 amide bonds. The Hall–Kier alpha value is -2.83. The molecule has 0 spiro atoms. The van der Waals surface area contributed by atoms with Crippen LogP contribution in [0.25, 0.3) is 21.9 Å². The molecule has 5 heteroatoms. The van der Waals surface area contributed by atoms with E-state index in [1.54, 1.807) is 0 Å². The molecule has 232 valence electrons. The minimum Gasteiger partial charge on any atom is -0.399 e. The first kappa shape index (κ1) is 32.6. The molecule has 5 aromatic rings. The van der Waals surface area contributed by atoms with Crippen molar-refractivity contribution in [2.45, 2.75) is 92.7 Å². The summed E-state index contributed by atoms with van der Waals surface area (Å²) in [7, 11) is -2.37. The number of hydrogen-bond acceptors (Lipinski definition) is 3. The topological polar surface area (TPSA) is 35.5 Å². The monoisotopic (exact) mass is 626 g/mol. The van der Waals surface area contributed by atoms with Crippen molar-refractivity contribution in [3.05, 3.63) is 106 Å². The van der Waals surface area contributed by atoms with Crippen LogP contribution in [0.2, 0.25) is 0 Å². The van der Waals surface area contributed by atoms with E-state index < -0.39 is 16.2 Å². The number of aryl methyl sites for hydroxylation is 4. The van der Waals surface area contributed by atoms with E-state index in [0.717, 1.165) is 21.9 Å². The summed E-state index contributed by atoms with van der Waals surface area (Å²) in [4.78, 5) is 0. The van der Waals surface area contributed by atoms with E-state index in [2.05, 4.69) is 149 Å². The zero-order valence-electron chi connectivity index (χ0n) is 28.3. The van der Waals surface area contributed by atoms with E-state index >= 15 is 0 Å². The van der Waals surface area contributed by atoms with Crippen LogP contribution in [0.4, 0.5) is 0 Å². The maximum atomic E-state index is 6.96. The second-order valence-corrected chi connectivity index (χ2v) is 18.0. The van der Waals surface area contributed by atoms with Crippen LogP contribution in [-0.4, -0.2) is 12.3 Å². The van der Waals surface area contributed by atoms with Gasteiger partial charge in [-0.25, -0.2) is 0 Å². The quantitative estimate of drug-likeness (QED) is 0.176. The summed E-state index contributed by atoms with van der Waals surface area (Å²) in [5.41, 5.74) is 9.16. The lowest BCUT2D eigenvalue weighted by Gasteiger charge is -2.25. The van der Waals surface area contributed by atoms with Crippen LogP contribution >= 0.6 is 16.2 Å². The van der Waals surface area contributed by atoms with Gasteiger partial charge in [0.1, 0.15) is 11.2 Å². The molecular weight excluding hydrogens is 578 g/mol. The van der Waals surface area contributed by atoms with E-state index in [0.29, 0.717) is 6.61 Å². The Morgan fingerprint density at radius 3 is 1.41 bits per heavy atom. The number of benzene rings is 4. The molecule has 0 N–H and O–H groups in total. The normalized spacial score (nSPS) is 13.2. The molecule has 0 radical (unpaired) electrons. The second-order valence-electron chi connectivity index (χ2n) is 14.2. The lowest BCUT2D eigenvalue weighted by molar-refractivity contribution is 0.374. The van der Waals surface area contributed by atoms with E-state index in [9.17, 15) is 0 Å². The molecule has 0 saturated carbocycles. The predicted molar refractivity (Wildman–Crippen MR) is 193 cm³/mol. The van der Waals surface area contributed by atoms with Crippen molar-refractivity contribution < 1.29 is 12.9 Å². The van der Waals surface area contributed by atoms with Crippen molar-refractivity contribution in [2.24, 2.45) is 0 Å². The van der Waals surface area contributed by atoms with Gasteiger partial charge in [0.05, 0.1) is 6.61 Å². The molecule has 0 aliphatic rings. The summed E-state index contributed by atoms with van der Waals surface area (Å²) in [5, 5.41) is 4.99. The Kier molecular flexibility index (Phi) is 9.26. The van der Waals surface area contributed by atoms with E-state index in [4.69, 9.17) is 12.9 Å². The molecule has 4 aromatic carbocycles. The van der Waals surface area contributed by atoms with Gasteiger partial charge in [-0.1, -0.05) is 121 Å². The van der Waals surface area contributed by atoms with Gasteiger partial charge in [0.2, 0.25) is 0 Å². The highest BCUT2D eigenvalue weighted by atomic mass is 31.1. The van der Waals surface area contributed by atoms with Crippen molar-refractivity contribution in [1.29, 1.82) is 0 Å². The molecular formula is C39H48O3P2. The van der Waals surface area contributed by atoms with Crippen LogP contribution in [0.5, 0.6) is 0 Å². The highest BCUT2D eigenvalue weighted by molar-refractivity contribution is 7.73. The summed E-state index contributed by atoms with van der Waals surface area (Å²) < 4.78 is 20.7. The van der Waals surface area contributed by atoms with Crippen LogP contribution < -0.4 is 15.1 Å². The summed E-state index contributed by atoms with van der Waals surface area (Å²) in [5.74, 6) is 0. The minimum atomic E-state index is -1.73. The lowest BCUT2D eigenvalue weighted by atomic mass is 9.81. The Morgan fingerprint density at radius 1 is 0.659 bits per heavy atom. The summed E-state index contributed by atoms with van der Waals surface area (Å²) >= 11 is 0. The molecule has 1 unspecified atom stereocenters. The van der Waals surface area contributed by atoms with Crippen molar-refractivity contribution >= 4 is 48.7 Å². The average Bonchev–Trinajstić information content (AvgIpc) is 3.13. The van der Waals surface area contributed by atoms with Gasteiger partial charge in [0, 0.05) is 27.6 Å². The fourth-order valence-electron chi connectivity index (χ4n) is 5.99. The molecule has 3 nitrogen and oxygen atoms in total. The number of rotatable bonds is 6. The summed E-state index contributed by atoms with van der Waals surface area (Å²) in [6.07, 6.45) is 0. The first-order chi connectivity index (χ1) is 20.7. The third-order valence-electron chi connectivity index (χ3n) is 8.73. The first-order valence-corrected chi connectivity index (χ1v) is 18.2. The smallest absolute Gasteiger partial charge is 0.387 e. The van der Waals surface area contributed by atoms with Crippen LogP contribution in [0, 0.1) is 27.7 Å². The van der Waals surface area contributed by atoms with Crippen molar-refractivity contribution in [3.63, 3.8) is 0 Å². The molecule has 1 atom stereocenters. The van der Waals surface area contributed by atoms with Gasteiger partial charge < -0.3 is 8.39 Å². The average molecular weight is 627 g/mol. The molecule has 0 aliphatic carbocycles. The highest BCUT2D eigenvalue weighted by Gasteiger charge is 2.28. The van der Waals surface area contributed by atoms with Crippen molar-refractivity contribution in [2.75, 3.05) is 6.61 Å². The Labute approximate surface area is 266 Å². The maximum Gasteiger partial charge on any atom is 0.387 e. The second kappa shape index (κ2) is 12.5. The molecule has 1 aromatic heterocycles. The van der Waals surface area contributed by atoms with Crippen molar-refractivity contribution in [1.82, 2.24) is 0 Å². The highest BCUT2D eigenvalue weighted by Crippen LogP contribution is 2.46. The number of fused-ring (bicyclic) bond motifs is 3. The van der Waals surface area contributed by atoms with Gasteiger partial charge in [-0.3, -0.25) is 4.52 Å². The SMILES string of the molecule is Cc1cc(C(C)(C)C)c2op(OCC(C)P(c3ccccc3)c3ccccc3)oc3c(C(C)(C)C)cc(C)c(C)c3c2c1C. The molecule has 0 aliphatic heterocycles. The minimum absolute atomic E-state index is 0.124. The molecule has 0 saturated heterocycles. The van der Waals surface area contributed by atoms with Gasteiger partial charge in [-0.2, -0.15) is 0 Å². The third-order valence-corrected chi connectivity index (χ3v) is 12.5. The van der Waals surface area contributed by atoms with E-state index in [1.807, 2.05) is 0 Å². The summed E-state index contributed by atoms with van der Waals surface area (Å²) in [6.45, 7) is 25.2. The lowest BCUT2D eigenvalue weighted by Crippen LogP contribution is -2.24. The molecule has 44 heavy (non-hydrogen) atoms. The van der Waals surface area contributed by atoms with Crippen LogP contribution in [0.3, 0.4) is 0 Å². The Morgan fingerprint density at radius 2 is 1.05 bits per heavy atom. The third kappa shape index (κ3) is 6.44. The molecule has 5 rings (SSSR count). The van der Waals surface area contributed by atoms with E-state index in [-0.39, 0.29) is 16.5 Å². The van der Waals surface area contributed by atoms with Gasteiger partial charge in [-0.05, 0) is 79.3 Å². The van der Waals surface area contributed by atoms with E-state index in [1.165, 1.54) is 44.0 Å². The van der Waals surface area contributed by atoms with Gasteiger partial charge >= 0.3 is 8.24 Å². The molecule has 0 fully saturated rings. The van der Waals surface area contributed by atoms with Gasteiger partial charge in [0.15, 0.2) is 0 Å². The zero-order chi connectivity index (χ0) is 32.0. The Bertz CT molecular complexity index is 1700. The fourth-order valence-corrected chi connectivity index (χ4v) is 9.80. The van der Waals surface area contributed by atoms with Gasteiger partial charge in [-0.15, -0.1) is 0 Å². The summed E-state index contributed by atoms with van der Waals surface area (Å²) in [6, 6.07) is 26.3. The van der Waals surface area contributed by atoms with Crippen LogP contribution in [-0.2, 0) is 10.8 Å². The maximum absolute atomic E-state index is 6.96. The largest absolute Gasteiger partial charge is 0.399 e. The fraction of sp³-hybridized carbons (Fsp3) is 0.385. The van der Waals surface area contributed by atoms with Gasteiger partial charge in [0.25, 0.3) is 0 Å². The molecule has 0 bridgehead atoms. The number of hydrogen-bond donors (Lipinski definition) is 0. The standard InChI is InChI=1S/C39H48O3P2/c1-25-22-32(38(6,7)8)36-34(28(25)4)35-29(5)26(2)23-33(39(9,10)11)37(35)42-44(41-36)40-24-27(3)43(30-18-14-12-15-19-30)31-20-16-13-17-21-31/h12-23,27H,24H2,1-11H3. The van der Waals surface area contributed by atoms with Crippen LogP contribution in [0.15, 0.2) is 81.2 Å².